The molecule has 0 saturated carbocycles. The Morgan fingerprint density at radius 2 is 1.70 bits per heavy atom. The number of fused-ring (bicyclic) bond motifs is 1. The number of imidazole rings is 1. The van der Waals surface area contributed by atoms with E-state index in [-0.39, 0.29) is 5.52 Å². The Hall–Kier alpha value is -3.68. The maximum absolute atomic E-state index is 12.6. The number of hydrogen-bond acceptors (Lipinski definition) is 2. The predicted molar refractivity (Wildman–Crippen MR) is 155 cm³/mol. The molecule has 3 rings (SSSR count). The van der Waals surface area contributed by atoms with Gasteiger partial charge in [0.2, 0.25) is 0 Å². The van der Waals surface area contributed by atoms with Crippen molar-refractivity contribution in [1.29, 1.82) is 0 Å². The molecule has 0 amide bonds. The minimum Gasteiger partial charge on any atom is -0.481 e. The van der Waals surface area contributed by atoms with Crippen LogP contribution in [0.2, 0.25) is 0 Å². The second-order valence-corrected chi connectivity index (χ2v) is 9.98. The average molecular weight is 561 g/mol. The lowest BCUT2D eigenvalue weighted by Gasteiger charge is -2.11. The fraction of sp³-hybridized carbons (Fsp3) is 0.375. The summed E-state index contributed by atoms with van der Waals surface area (Å²) < 4.78 is 50.1. The quantitative estimate of drug-likeness (QED) is 0.202. The van der Waals surface area contributed by atoms with Gasteiger partial charge in [-0.3, -0.25) is 4.79 Å². The van der Waals surface area contributed by atoms with Crippen LogP contribution in [0.15, 0.2) is 79.2 Å². The Kier molecular flexibility index (Phi) is 14.7. The van der Waals surface area contributed by atoms with Gasteiger partial charge in [-0.2, -0.15) is 13.2 Å². The Bertz CT molecular complexity index is 1260. The first-order valence-electron chi connectivity index (χ1n) is 13.2. The lowest BCUT2D eigenvalue weighted by atomic mass is 9.95. The van der Waals surface area contributed by atoms with Gasteiger partial charge in [0.05, 0.1) is 22.9 Å². The molecule has 0 spiro atoms. The number of hydrogen-bond donors (Lipinski definition) is 2. The van der Waals surface area contributed by atoms with E-state index in [9.17, 15) is 22.4 Å². The molecule has 0 aliphatic heterocycles. The summed E-state index contributed by atoms with van der Waals surface area (Å²) in [7, 11) is 0. The summed E-state index contributed by atoms with van der Waals surface area (Å²) in [4.78, 5) is 17.3. The number of benzene rings is 2. The number of carboxylic acid groups (broad SMARTS) is 1. The number of rotatable bonds is 9. The Morgan fingerprint density at radius 3 is 2.20 bits per heavy atom. The van der Waals surface area contributed by atoms with Gasteiger partial charge in [-0.15, -0.1) is 0 Å². The zero-order chi connectivity index (χ0) is 30.3. The molecule has 2 aromatic carbocycles. The van der Waals surface area contributed by atoms with Crippen LogP contribution in [0.25, 0.3) is 16.6 Å². The number of allylic oxidation sites excluding steroid dienone is 4. The molecular weight excluding hydrogens is 520 g/mol. The van der Waals surface area contributed by atoms with E-state index in [1.807, 2.05) is 25.1 Å². The molecule has 2 atom stereocenters. The van der Waals surface area contributed by atoms with Crippen LogP contribution < -0.4 is 0 Å². The number of halogens is 4. The third kappa shape index (κ3) is 13.4. The van der Waals surface area contributed by atoms with Crippen LogP contribution in [0.1, 0.15) is 70.3 Å². The van der Waals surface area contributed by atoms with E-state index in [0.29, 0.717) is 41.2 Å². The number of aromatic nitrogens is 2. The summed E-state index contributed by atoms with van der Waals surface area (Å²) in [6.45, 7) is 13.8. The molecule has 3 aromatic rings. The monoisotopic (exact) mass is 560 g/mol. The first-order valence-corrected chi connectivity index (χ1v) is 13.2. The van der Waals surface area contributed by atoms with Crippen molar-refractivity contribution >= 4 is 22.6 Å². The van der Waals surface area contributed by atoms with Crippen molar-refractivity contribution in [3.05, 3.63) is 96.1 Å². The Morgan fingerprint density at radius 1 is 1.07 bits per heavy atom. The van der Waals surface area contributed by atoms with E-state index in [0.717, 1.165) is 30.9 Å². The van der Waals surface area contributed by atoms with Crippen LogP contribution in [-0.4, -0.2) is 21.0 Å². The second-order valence-electron chi connectivity index (χ2n) is 9.98. The lowest BCUT2D eigenvalue weighted by Crippen LogP contribution is -2.05. The maximum Gasteiger partial charge on any atom is 0.416 e. The van der Waals surface area contributed by atoms with Gasteiger partial charge in [-0.05, 0) is 55.9 Å². The Labute approximate surface area is 234 Å². The van der Waals surface area contributed by atoms with Crippen LogP contribution >= 0.6 is 0 Å². The normalized spacial score (nSPS) is 13.2. The molecular formula is C32H40F4N2O2. The summed E-state index contributed by atoms with van der Waals surface area (Å²) in [5.41, 5.74) is 2.09. The predicted octanol–water partition coefficient (Wildman–Crippen LogP) is 9.94. The van der Waals surface area contributed by atoms with Crippen molar-refractivity contribution in [2.24, 2.45) is 11.8 Å². The standard InChI is InChI=1S/C15H12F4N2.C10H20O2.C7H8/c1-9(8-16)3-4-10(2)14-20-12-6-5-11(15(17,18)19)7-13(12)21-14;1-4-8(2)5-6-9(3)7-10(11)12;1-7-5-3-2-4-6-7/h3-8H,2H2,1H3,(H,20,21);8-9H,4-7H2,1-3H3,(H,11,12);2-6H,1H3/b4-3-,9-8+;;. The second kappa shape index (κ2) is 17.1. The minimum atomic E-state index is -4.40. The number of nitrogens with one attached hydrogen (secondary N) is 1. The SMILES string of the molecule is C=C(/C=C\C(C)=C\F)c1nc2ccc(C(F)(F)F)cc2[nH]1.CCC(C)CCC(C)CC(=O)O.Cc1ccccc1. The summed E-state index contributed by atoms with van der Waals surface area (Å²) in [6, 6.07) is 13.5. The van der Waals surface area contributed by atoms with Gasteiger partial charge >= 0.3 is 12.1 Å². The summed E-state index contributed by atoms with van der Waals surface area (Å²) in [5.74, 6) is 0.733. The summed E-state index contributed by atoms with van der Waals surface area (Å²) in [5, 5.41) is 8.51. The number of carbonyl (C=O) groups is 1. The van der Waals surface area contributed by atoms with E-state index in [1.165, 1.54) is 30.2 Å². The molecule has 0 saturated heterocycles. The fourth-order valence-electron chi connectivity index (χ4n) is 3.39. The highest BCUT2D eigenvalue weighted by Gasteiger charge is 2.30. The number of aromatic amines is 1. The third-order valence-corrected chi connectivity index (χ3v) is 6.15. The van der Waals surface area contributed by atoms with Gasteiger partial charge in [0, 0.05) is 12.0 Å². The first kappa shape index (κ1) is 34.3. The Balaban J connectivity index is 0.000000353. The molecule has 8 heteroatoms. The zero-order valence-corrected chi connectivity index (χ0v) is 23.9. The zero-order valence-electron chi connectivity index (χ0n) is 23.9. The van der Waals surface area contributed by atoms with Crippen molar-refractivity contribution in [3.63, 3.8) is 0 Å². The van der Waals surface area contributed by atoms with Crippen LogP contribution in [0, 0.1) is 18.8 Å². The molecule has 40 heavy (non-hydrogen) atoms. The van der Waals surface area contributed by atoms with Gasteiger partial charge < -0.3 is 10.1 Å². The van der Waals surface area contributed by atoms with E-state index in [4.69, 9.17) is 5.11 Å². The molecule has 0 aliphatic carbocycles. The smallest absolute Gasteiger partial charge is 0.416 e. The number of aliphatic carboxylic acids is 1. The number of carboxylic acids is 1. The molecule has 1 heterocycles. The largest absolute Gasteiger partial charge is 0.481 e. The van der Waals surface area contributed by atoms with E-state index >= 15 is 0 Å². The fourth-order valence-corrected chi connectivity index (χ4v) is 3.39. The van der Waals surface area contributed by atoms with Crippen molar-refractivity contribution in [1.82, 2.24) is 9.97 Å². The molecule has 1 aromatic heterocycles. The highest BCUT2D eigenvalue weighted by Crippen LogP contribution is 2.31. The highest BCUT2D eigenvalue weighted by molar-refractivity contribution is 5.81. The van der Waals surface area contributed by atoms with Crippen molar-refractivity contribution in [3.8, 4) is 0 Å². The minimum absolute atomic E-state index is 0.270. The third-order valence-electron chi connectivity index (χ3n) is 6.15. The topological polar surface area (TPSA) is 66.0 Å². The van der Waals surface area contributed by atoms with Crippen LogP contribution in [0.4, 0.5) is 17.6 Å². The number of aryl methyl sites for hydroxylation is 1. The molecule has 4 nitrogen and oxygen atoms in total. The molecule has 0 radical (unpaired) electrons. The summed E-state index contributed by atoms with van der Waals surface area (Å²) in [6.07, 6.45) is 2.78. The molecule has 0 aliphatic rings. The lowest BCUT2D eigenvalue weighted by molar-refractivity contribution is -0.138. The number of H-pyrrole nitrogens is 1. The van der Waals surface area contributed by atoms with Gasteiger partial charge in [-0.25, -0.2) is 9.37 Å². The van der Waals surface area contributed by atoms with Crippen LogP contribution in [0.3, 0.4) is 0 Å². The molecule has 2 unspecified atom stereocenters. The van der Waals surface area contributed by atoms with Crippen molar-refractivity contribution < 1.29 is 27.5 Å². The van der Waals surface area contributed by atoms with Gasteiger partial charge in [0.1, 0.15) is 5.82 Å². The van der Waals surface area contributed by atoms with Gasteiger partial charge in [0.15, 0.2) is 0 Å². The average Bonchev–Trinajstić information content (AvgIpc) is 3.34. The number of alkyl halides is 3. The maximum atomic E-state index is 12.6. The summed E-state index contributed by atoms with van der Waals surface area (Å²) >= 11 is 0. The van der Waals surface area contributed by atoms with E-state index < -0.39 is 17.7 Å². The van der Waals surface area contributed by atoms with Crippen LogP contribution in [-0.2, 0) is 11.0 Å². The van der Waals surface area contributed by atoms with Crippen LogP contribution in [0.5, 0.6) is 0 Å². The van der Waals surface area contributed by atoms with E-state index in [2.05, 4.69) is 49.5 Å². The van der Waals surface area contributed by atoms with Crippen molar-refractivity contribution in [2.45, 2.75) is 66.5 Å². The number of nitrogens with zero attached hydrogens (tertiary/aromatic N) is 1. The molecule has 218 valence electrons. The van der Waals surface area contributed by atoms with Gasteiger partial charge in [0.25, 0.3) is 0 Å². The molecule has 0 bridgehead atoms. The van der Waals surface area contributed by atoms with Crippen molar-refractivity contribution in [2.75, 3.05) is 0 Å². The molecule has 0 fully saturated rings. The van der Waals surface area contributed by atoms with Gasteiger partial charge in [-0.1, -0.05) is 88.2 Å². The van der Waals surface area contributed by atoms with E-state index in [1.54, 1.807) is 6.92 Å². The highest BCUT2D eigenvalue weighted by atomic mass is 19.4. The molecule has 2 N–H and O–H groups in total. The first-order chi connectivity index (χ1) is 18.8.